The van der Waals surface area contributed by atoms with Crippen LogP contribution in [-0.2, 0) is 17.8 Å². The van der Waals surface area contributed by atoms with Crippen molar-refractivity contribution < 1.29 is 13.9 Å². The van der Waals surface area contributed by atoms with Crippen LogP contribution in [0.15, 0.2) is 48.8 Å². The van der Waals surface area contributed by atoms with Gasteiger partial charge in [-0.2, -0.15) is 9.97 Å². The van der Waals surface area contributed by atoms with E-state index in [0.717, 1.165) is 59.5 Å². The van der Waals surface area contributed by atoms with Gasteiger partial charge in [-0.3, -0.25) is 9.69 Å². The second kappa shape index (κ2) is 12.2. The molecule has 0 bridgehead atoms. The monoisotopic (exact) mass is 617 g/mol. The summed E-state index contributed by atoms with van der Waals surface area (Å²) in [6.07, 6.45) is 2.84. The fourth-order valence-corrected chi connectivity index (χ4v) is 7.03. The average molecular weight is 618 g/mol. The number of fused-ring (bicyclic) bond motifs is 2. The summed E-state index contributed by atoms with van der Waals surface area (Å²) < 4.78 is 20.2. The van der Waals surface area contributed by atoms with Gasteiger partial charge in [0, 0.05) is 42.8 Å². The summed E-state index contributed by atoms with van der Waals surface area (Å²) in [7, 11) is 2.12. The lowest BCUT2D eigenvalue weighted by atomic mass is 10.0. The van der Waals surface area contributed by atoms with Crippen LogP contribution in [0.5, 0.6) is 6.01 Å². The van der Waals surface area contributed by atoms with Crippen LogP contribution in [0.4, 0.5) is 15.9 Å². The zero-order valence-electron chi connectivity index (χ0n) is 25.2. The van der Waals surface area contributed by atoms with Crippen LogP contribution < -0.4 is 14.5 Å². The summed E-state index contributed by atoms with van der Waals surface area (Å²) in [4.78, 5) is 34.1. The summed E-state index contributed by atoms with van der Waals surface area (Å²) in [5, 5.41) is 2.80. The Bertz CT molecular complexity index is 1640. The van der Waals surface area contributed by atoms with E-state index in [-0.39, 0.29) is 18.6 Å². The number of ether oxygens (including phenoxy) is 1. The molecular weight excluding hydrogens is 581 g/mol. The van der Waals surface area contributed by atoms with E-state index in [1.54, 1.807) is 0 Å². The topological polar surface area (TPSA) is 69.4 Å². The van der Waals surface area contributed by atoms with E-state index >= 15 is 0 Å². The predicted molar refractivity (Wildman–Crippen MR) is 171 cm³/mol. The Morgan fingerprint density at radius 1 is 1.18 bits per heavy atom. The number of likely N-dealkylation sites (N-methyl/N-ethyl adjacent to an activating group) is 1. The number of piperazine rings is 1. The number of hydrogen-bond acceptors (Lipinski definition) is 7. The molecule has 0 radical (unpaired) electrons. The molecule has 2 fully saturated rings. The van der Waals surface area contributed by atoms with Gasteiger partial charge in [-0.05, 0) is 57.3 Å². The lowest BCUT2D eigenvalue weighted by Crippen LogP contribution is -2.57. The first-order valence-corrected chi connectivity index (χ1v) is 15.5. The van der Waals surface area contributed by atoms with Gasteiger partial charge in [0.15, 0.2) is 5.83 Å². The van der Waals surface area contributed by atoms with Gasteiger partial charge in [-0.25, -0.2) is 11.0 Å². The van der Waals surface area contributed by atoms with E-state index in [4.69, 9.17) is 32.9 Å². The third-order valence-electron chi connectivity index (χ3n) is 9.42. The van der Waals surface area contributed by atoms with E-state index in [2.05, 4.69) is 58.3 Å². The Kier molecular flexibility index (Phi) is 8.36. The molecule has 3 aliphatic heterocycles. The molecule has 2 atom stereocenters. The highest BCUT2D eigenvalue weighted by Crippen LogP contribution is 2.37. The first-order chi connectivity index (χ1) is 21.2. The fourth-order valence-electron chi connectivity index (χ4n) is 6.75. The zero-order valence-corrected chi connectivity index (χ0v) is 26.0. The number of aromatic nitrogens is 2. The molecule has 44 heavy (non-hydrogen) atoms. The highest BCUT2D eigenvalue weighted by Gasteiger charge is 2.38. The summed E-state index contributed by atoms with van der Waals surface area (Å²) >= 11 is 6.69. The number of rotatable bonds is 7. The van der Waals surface area contributed by atoms with Crippen molar-refractivity contribution in [3.63, 3.8) is 0 Å². The Labute approximate surface area is 262 Å². The molecule has 2 saturated heterocycles. The van der Waals surface area contributed by atoms with Crippen molar-refractivity contribution in [3.8, 4) is 6.01 Å². The smallest absolute Gasteiger partial charge is 0.318 e. The lowest BCUT2D eigenvalue weighted by Gasteiger charge is -2.41. The van der Waals surface area contributed by atoms with Gasteiger partial charge in [-0.15, -0.1) is 0 Å². The van der Waals surface area contributed by atoms with E-state index in [9.17, 15) is 9.18 Å². The maximum atomic E-state index is 13.8. The van der Waals surface area contributed by atoms with E-state index < -0.39 is 17.8 Å². The van der Waals surface area contributed by atoms with Gasteiger partial charge in [0.25, 0.3) is 5.91 Å². The van der Waals surface area contributed by atoms with Gasteiger partial charge in [0.2, 0.25) is 6.54 Å². The van der Waals surface area contributed by atoms with Gasteiger partial charge in [0.1, 0.15) is 18.5 Å². The van der Waals surface area contributed by atoms with Crippen LogP contribution in [0.2, 0.25) is 5.02 Å². The molecule has 3 aromatic rings. The maximum Gasteiger partial charge on any atom is 0.318 e. The zero-order chi connectivity index (χ0) is 31.0. The SMILES string of the molecule is [C-]#[N+]C[C@H]1CN(c2nc(OCC3(C)CCCN3C)nc3c2CCN(c2cccc4cccc(Cl)c24)C3)CCN1C(=O)C(=C)F. The number of nitrogens with zero attached hydrogens (tertiary/aromatic N) is 7. The van der Waals surface area contributed by atoms with Crippen LogP contribution >= 0.6 is 11.6 Å². The maximum absolute atomic E-state index is 13.8. The first-order valence-electron chi connectivity index (χ1n) is 15.1. The molecular formula is C33H37ClFN7O2. The van der Waals surface area contributed by atoms with Crippen molar-refractivity contribution in [2.75, 3.05) is 62.7 Å². The summed E-state index contributed by atoms with van der Waals surface area (Å²) in [5.41, 5.74) is 2.85. The molecule has 11 heteroatoms. The van der Waals surface area contributed by atoms with E-state index in [1.807, 2.05) is 18.2 Å². The van der Waals surface area contributed by atoms with E-state index in [0.29, 0.717) is 43.7 Å². The molecule has 0 aliphatic carbocycles. The molecule has 230 valence electrons. The highest BCUT2D eigenvalue weighted by atomic mass is 35.5. The molecule has 0 N–H and O–H groups in total. The molecule has 1 aromatic heterocycles. The molecule has 1 amide bonds. The van der Waals surface area contributed by atoms with Gasteiger partial charge < -0.3 is 24.3 Å². The minimum Gasteiger partial charge on any atom is -0.461 e. The molecule has 4 heterocycles. The summed E-state index contributed by atoms with van der Waals surface area (Å²) in [6, 6.07) is 12.0. The van der Waals surface area contributed by atoms with Crippen molar-refractivity contribution in [3.05, 3.63) is 76.5 Å². The van der Waals surface area contributed by atoms with Crippen molar-refractivity contribution in [1.29, 1.82) is 0 Å². The van der Waals surface area contributed by atoms with Crippen LogP contribution in [0.3, 0.4) is 0 Å². The van der Waals surface area contributed by atoms with Crippen LogP contribution in [0.1, 0.15) is 31.0 Å². The Morgan fingerprint density at radius 3 is 2.70 bits per heavy atom. The second-order valence-corrected chi connectivity index (χ2v) is 12.6. The molecule has 2 aromatic carbocycles. The lowest BCUT2D eigenvalue weighted by molar-refractivity contribution is -0.131. The number of hydrogen-bond donors (Lipinski definition) is 0. The molecule has 9 nitrogen and oxygen atoms in total. The quantitative estimate of drug-likeness (QED) is 0.269. The third-order valence-corrected chi connectivity index (χ3v) is 9.73. The first kappa shape index (κ1) is 30.1. The Balaban J connectivity index is 1.35. The van der Waals surface area contributed by atoms with Crippen molar-refractivity contribution in [2.45, 2.75) is 44.3 Å². The summed E-state index contributed by atoms with van der Waals surface area (Å²) in [6.45, 7) is 16.8. The van der Waals surface area contributed by atoms with Crippen molar-refractivity contribution in [1.82, 2.24) is 19.8 Å². The number of carbonyl (C=O) groups is 1. The largest absolute Gasteiger partial charge is 0.461 e. The third kappa shape index (κ3) is 5.66. The van der Waals surface area contributed by atoms with E-state index in [1.165, 1.54) is 4.90 Å². The minimum absolute atomic E-state index is 0.0620. The minimum atomic E-state index is -1.01. The molecule has 6 rings (SSSR count). The molecule has 0 saturated carbocycles. The molecule has 0 spiro atoms. The van der Waals surface area contributed by atoms with Crippen LogP contribution in [0, 0.1) is 6.57 Å². The Morgan fingerprint density at radius 2 is 1.98 bits per heavy atom. The Hall–Kier alpha value is -3.94. The molecule has 1 unspecified atom stereocenters. The number of benzene rings is 2. The standard InChI is InChI=1S/C33H37ClFN7O2/c1-22(35)31(43)42-17-16-41(19-24(42)18-36-3)30-25-12-15-40(28-11-6-9-23-8-5-10-26(34)29(23)28)20-27(25)37-32(38-30)44-21-33(2)13-7-14-39(33)4/h5-6,8-11,24H,1,7,12-21H2,2,4H3/t24-,33?/m0/s1. The van der Waals surface area contributed by atoms with Gasteiger partial charge in [0.05, 0.1) is 22.8 Å². The summed E-state index contributed by atoms with van der Waals surface area (Å²) in [5.74, 6) is -1.01. The predicted octanol–water partition coefficient (Wildman–Crippen LogP) is 5.13. The fraction of sp³-hybridized carbons (Fsp3) is 0.455. The number of amides is 1. The van der Waals surface area contributed by atoms with Gasteiger partial charge >= 0.3 is 6.01 Å². The van der Waals surface area contributed by atoms with Gasteiger partial charge in [-0.1, -0.05) is 42.4 Å². The van der Waals surface area contributed by atoms with Crippen molar-refractivity contribution >= 4 is 39.8 Å². The van der Waals surface area contributed by atoms with Crippen LogP contribution in [-0.4, -0.2) is 90.2 Å². The number of likely N-dealkylation sites (tertiary alicyclic amines) is 1. The normalized spacial score (nSPS) is 22.2. The number of anilines is 2. The van der Waals surface area contributed by atoms with Crippen LogP contribution in [0.25, 0.3) is 15.6 Å². The second-order valence-electron chi connectivity index (χ2n) is 12.2. The highest BCUT2D eigenvalue weighted by molar-refractivity contribution is 6.36. The van der Waals surface area contributed by atoms with Crippen molar-refractivity contribution in [2.24, 2.45) is 0 Å². The molecule has 3 aliphatic rings. The number of carbonyl (C=O) groups excluding carboxylic acids is 1. The average Bonchev–Trinajstić information content (AvgIpc) is 3.36. The number of halogens is 2.